The molecule has 3 heterocycles. The van der Waals surface area contributed by atoms with E-state index in [0.717, 1.165) is 30.0 Å². The van der Waals surface area contributed by atoms with Crippen LogP contribution >= 0.6 is 0 Å². The van der Waals surface area contributed by atoms with Gasteiger partial charge in [-0.2, -0.15) is 0 Å². The second-order valence-corrected chi connectivity index (χ2v) is 6.76. The summed E-state index contributed by atoms with van der Waals surface area (Å²) in [6.07, 6.45) is 2.32. The highest BCUT2D eigenvalue weighted by atomic mass is 16.5. The molecule has 0 radical (unpaired) electrons. The number of hydrogen-bond acceptors (Lipinski definition) is 4. The second kappa shape index (κ2) is 7.91. The lowest BCUT2D eigenvalue weighted by Gasteiger charge is -2.32. The Morgan fingerprint density at radius 1 is 1.38 bits per heavy atom. The van der Waals surface area contributed by atoms with Crippen molar-refractivity contribution in [1.82, 2.24) is 14.9 Å². The van der Waals surface area contributed by atoms with Crippen LogP contribution in [0.5, 0.6) is 5.75 Å². The van der Waals surface area contributed by atoms with E-state index < -0.39 is 0 Å². The Hall–Kier alpha value is -2.34. The monoisotopic (exact) mass is 357 g/mol. The Morgan fingerprint density at radius 2 is 2.19 bits per heavy atom. The molecule has 1 N–H and O–H groups in total. The summed E-state index contributed by atoms with van der Waals surface area (Å²) in [6, 6.07) is 5.58. The highest BCUT2D eigenvalue weighted by molar-refractivity contribution is 5.96. The van der Waals surface area contributed by atoms with Crippen LogP contribution in [0.15, 0.2) is 24.4 Å². The van der Waals surface area contributed by atoms with E-state index >= 15 is 0 Å². The number of hydrogen-bond donors (Lipinski definition) is 1. The summed E-state index contributed by atoms with van der Waals surface area (Å²) in [5.41, 5.74) is 3.74. The molecule has 2 aromatic rings. The van der Waals surface area contributed by atoms with Crippen LogP contribution in [0.2, 0.25) is 0 Å². The van der Waals surface area contributed by atoms with Gasteiger partial charge < -0.3 is 19.4 Å². The zero-order valence-corrected chi connectivity index (χ0v) is 15.9. The van der Waals surface area contributed by atoms with Crippen molar-refractivity contribution in [3.8, 4) is 5.75 Å². The number of ether oxygens (including phenoxy) is 2. The molecular weight excluding hydrogens is 330 g/mol. The van der Waals surface area contributed by atoms with E-state index in [-0.39, 0.29) is 18.1 Å². The summed E-state index contributed by atoms with van der Waals surface area (Å²) in [5, 5.41) is 3.10. The summed E-state index contributed by atoms with van der Waals surface area (Å²) in [4.78, 5) is 17.1. The van der Waals surface area contributed by atoms with Crippen LogP contribution in [-0.2, 0) is 11.3 Å². The van der Waals surface area contributed by atoms with Gasteiger partial charge in [0.1, 0.15) is 11.9 Å². The third-order valence-electron chi connectivity index (χ3n) is 4.92. The Morgan fingerprint density at radius 3 is 2.85 bits per heavy atom. The standard InChI is InChI=1S/C20H27N3O3/c1-5-23-14(3)10-17(15(23)4)20(24)22-18-12-25-9-8-19(18)26-16-7-6-13(2)21-11-16/h6-7,10-11,18-19H,5,8-9,12H2,1-4H3,(H,22,24)/t18-,19+/m1/s1. The minimum atomic E-state index is -0.192. The first-order valence-corrected chi connectivity index (χ1v) is 9.14. The van der Waals surface area contributed by atoms with Gasteiger partial charge in [-0.1, -0.05) is 0 Å². The zero-order chi connectivity index (χ0) is 18.7. The number of amides is 1. The molecule has 0 saturated carbocycles. The van der Waals surface area contributed by atoms with E-state index in [9.17, 15) is 4.79 Å². The molecule has 26 heavy (non-hydrogen) atoms. The van der Waals surface area contributed by atoms with E-state index in [1.165, 1.54) is 0 Å². The lowest BCUT2D eigenvalue weighted by atomic mass is 10.1. The van der Waals surface area contributed by atoms with Crippen LogP contribution in [0.3, 0.4) is 0 Å². The van der Waals surface area contributed by atoms with Gasteiger partial charge in [-0.05, 0) is 45.9 Å². The van der Waals surface area contributed by atoms with Crippen molar-refractivity contribution in [2.45, 2.75) is 52.8 Å². The van der Waals surface area contributed by atoms with E-state index in [0.29, 0.717) is 24.5 Å². The fourth-order valence-electron chi connectivity index (χ4n) is 3.46. The van der Waals surface area contributed by atoms with Crippen molar-refractivity contribution >= 4 is 5.91 Å². The van der Waals surface area contributed by atoms with Crippen molar-refractivity contribution in [3.63, 3.8) is 0 Å². The lowest BCUT2D eigenvalue weighted by Crippen LogP contribution is -2.51. The summed E-state index contributed by atoms with van der Waals surface area (Å²) in [6.45, 7) is 9.94. The molecule has 1 saturated heterocycles. The van der Waals surface area contributed by atoms with E-state index in [2.05, 4.69) is 21.8 Å². The molecular formula is C20H27N3O3. The van der Waals surface area contributed by atoms with Crippen LogP contribution in [0.1, 0.15) is 40.8 Å². The van der Waals surface area contributed by atoms with Crippen LogP contribution in [0, 0.1) is 20.8 Å². The molecule has 2 aromatic heterocycles. The molecule has 3 rings (SSSR count). The molecule has 0 aromatic carbocycles. The van der Waals surface area contributed by atoms with Gasteiger partial charge in [-0.25, -0.2) is 0 Å². The van der Waals surface area contributed by atoms with Gasteiger partial charge in [0, 0.05) is 30.0 Å². The summed E-state index contributed by atoms with van der Waals surface area (Å²) in [5.74, 6) is 0.634. The van der Waals surface area contributed by atoms with E-state index in [4.69, 9.17) is 9.47 Å². The molecule has 1 amide bonds. The molecule has 2 atom stereocenters. The average Bonchev–Trinajstić information content (AvgIpc) is 2.92. The van der Waals surface area contributed by atoms with Crippen molar-refractivity contribution in [2.24, 2.45) is 0 Å². The number of carbonyl (C=O) groups excluding carboxylic acids is 1. The van der Waals surface area contributed by atoms with E-state index in [1.54, 1.807) is 6.20 Å². The van der Waals surface area contributed by atoms with Gasteiger partial charge in [0.05, 0.1) is 31.0 Å². The van der Waals surface area contributed by atoms with Crippen LogP contribution in [0.25, 0.3) is 0 Å². The van der Waals surface area contributed by atoms with Crippen LogP contribution in [-0.4, -0.2) is 40.8 Å². The summed E-state index contributed by atoms with van der Waals surface area (Å²) >= 11 is 0. The minimum absolute atomic E-state index is 0.0797. The smallest absolute Gasteiger partial charge is 0.253 e. The summed E-state index contributed by atoms with van der Waals surface area (Å²) in [7, 11) is 0. The molecule has 1 aliphatic rings. The molecule has 1 fully saturated rings. The first kappa shape index (κ1) is 18.5. The maximum absolute atomic E-state index is 12.8. The van der Waals surface area contributed by atoms with Gasteiger partial charge in [0.25, 0.3) is 5.91 Å². The number of pyridine rings is 1. The van der Waals surface area contributed by atoms with Crippen molar-refractivity contribution in [2.75, 3.05) is 13.2 Å². The number of carbonyl (C=O) groups is 1. The Bertz CT molecular complexity index is 767. The largest absolute Gasteiger partial charge is 0.486 e. The molecule has 140 valence electrons. The lowest BCUT2D eigenvalue weighted by molar-refractivity contribution is -0.00302. The number of aromatic nitrogens is 2. The van der Waals surface area contributed by atoms with Gasteiger partial charge in [0.2, 0.25) is 0 Å². The molecule has 0 unspecified atom stereocenters. The Balaban J connectivity index is 1.71. The molecule has 6 nitrogen and oxygen atoms in total. The number of aryl methyl sites for hydroxylation is 2. The first-order chi connectivity index (χ1) is 12.5. The Kier molecular flexibility index (Phi) is 5.61. The number of rotatable bonds is 5. The highest BCUT2D eigenvalue weighted by Crippen LogP contribution is 2.19. The van der Waals surface area contributed by atoms with Gasteiger partial charge >= 0.3 is 0 Å². The fraction of sp³-hybridized carbons (Fsp3) is 0.500. The maximum atomic E-state index is 12.8. The minimum Gasteiger partial charge on any atom is -0.486 e. The molecule has 0 aliphatic carbocycles. The third-order valence-corrected chi connectivity index (χ3v) is 4.92. The van der Waals surface area contributed by atoms with Gasteiger partial charge in [-0.15, -0.1) is 0 Å². The SMILES string of the molecule is CCn1c(C)cc(C(=O)N[C@@H]2COCC[C@@H]2Oc2ccc(C)nc2)c1C. The molecule has 0 bridgehead atoms. The number of nitrogens with one attached hydrogen (secondary N) is 1. The van der Waals surface area contributed by atoms with Crippen LogP contribution < -0.4 is 10.1 Å². The molecule has 6 heteroatoms. The highest BCUT2D eigenvalue weighted by Gasteiger charge is 2.30. The third kappa shape index (κ3) is 3.90. The van der Waals surface area contributed by atoms with Gasteiger partial charge in [-0.3, -0.25) is 9.78 Å². The zero-order valence-electron chi connectivity index (χ0n) is 15.9. The van der Waals surface area contributed by atoms with Crippen molar-refractivity contribution < 1.29 is 14.3 Å². The van der Waals surface area contributed by atoms with Gasteiger partial charge in [0.15, 0.2) is 0 Å². The topological polar surface area (TPSA) is 65.4 Å². The normalized spacial score (nSPS) is 20.0. The predicted molar refractivity (Wildman–Crippen MR) is 99.7 cm³/mol. The first-order valence-electron chi connectivity index (χ1n) is 9.14. The van der Waals surface area contributed by atoms with Crippen LogP contribution in [0.4, 0.5) is 0 Å². The quantitative estimate of drug-likeness (QED) is 0.894. The van der Waals surface area contributed by atoms with Crippen molar-refractivity contribution in [1.29, 1.82) is 0 Å². The Labute approximate surface area is 154 Å². The summed E-state index contributed by atoms with van der Waals surface area (Å²) < 4.78 is 13.8. The second-order valence-electron chi connectivity index (χ2n) is 6.76. The fourth-order valence-corrected chi connectivity index (χ4v) is 3.46. The van der Waals surface area contributed by atoms with Crippen molar-refractivity contribution in [3.05, 3.63) is 47.0 Å². The maximum Gasteiger partial charge on any atom is 0.253 e. The van der Waals surface area contributed by atoms with E-state index in [1.807, 2.05) is 39.0 Å². The molecule has 1 aliphatic heterocycles. The predicted octanol–water partition coefficient (Wildman–Crippen LogP) is 2.79. The molecule has 0 spiro atoms. The average molecular weight is 357 g/mol. The number of nitrogens with zero attached hydrogens (tertiary/aromatic N) is 2.